The van der Waals surface area contributed by atoms with E-state index in [2.05, 4.69) is 10.2 Å². The van der Waals surface area contributed by atoms with E-state index in [1.165, 1.54) is 12.1 Å². The van der Waals surface area contributed by atoms with Crippen molar-refractivity contribution in [3.8, 4) is 0 Å². The molecule has 1 atom stereocenters. The highest BCUT2D eigenvalue weighted by Crippen LogP contribution is 2.35. The van der Waals surface area contributed by atoms with Gasteiger partial charge in [0.2, 0.25) is 5.96 Å². The van der Waals surface area contributed by atoms with Crippen LogP contribution in [-0.2, 0) is 6.42 Å². The van der Waals surface area contributed by atoms with Crippen molar-refractivity contribution < 1.29 is 8.81 Å². The molecule has 0 saturated carbocycles. The molecule has 5 nitrogen and oxygen atoms in total. The summed E-state index contributed by atoms with van der Waals surface area (Å²) in [5.74, 6) is 0.691. The summed E-state index contributed by atoms with van der Waals surface area (Å²) in [4.78, 5) is 0. The molecular weight excluding hydrogens is 283 g/mol. The van der Waals surface area contributed by atoms with Crippen molar-refractivity contribution in [2.24, 2.45) is 21.7 Å². The van der Waals surface area contributed by atoms with E-state index in [1.54, 1.807) is 18.4 Å². The summed E-state index contributed by atoms with van der Waals surface area (Å²) in [5, 5.41) is 7.94. The molecule has 3 rings (SSSR count). The number of benzene rings is 1. The second-order valence-corrected chi connectivity index (χ2v) is 5.45. The Hall–Kier alpha value is -2.63. The summed E-state index contributed by atoms with van der Waals surface area (Å²) in [6, 6.07) is 6.51. The Morgan fingerprint density at radius 1 is 1.23 bits per heavy atom. The Morgan fingerprint density at radius 3 is 2.64 bits per heavy atom. The molecule has 0 aliphatic heterocycles. The molecule has 0 saturated heterocycles. The van der Waals surface area contributed by atoms with Crippen molar-refractivity contribution in [2.75, 3.05) is 0 Å². The van der Waals surface area contributed by atoms with Gasteiger partial charge in [-0.25, -0.2) is 4.39 Å². The zero-order valence-electron chi connectivity index (χ0n) is 12.2. The summed E-state index contributed by atoms with van der Waals surface area (Å²) >= 11 is 0. The number of rotatable bonds is 2. The molecule has 1 heterocycles. The molecule has 0 bridgehead atoms. The van der Waals surface area contributed by atoms with Crippen molar-refractivity contribution >= 4 is 11.7 Å². The minimum Gasteiger partial charge on any atom is -0.468 e. The van der Waals surface area contributed by atoms with E-state index < -0.39 is 0 Å². The second kappa shape index (κ2) is 5.63. The molecule has 4 N–H and O–H groups in total. The molecule has 0 spiro atoms. The molecule has 22 heavy (non-hydrogen) atoms. The van der Waals surface area contributed by atoms with Gasteiger partial charge in [0.25, 0.3) is 0 Å². The predicted octanol–water partition coefficient (Wildman–Crippen LogP) is 2.43. The number of nitrogens with two attached hydrogens (primary N) is 2. The van der Waals surface area contributed by atoms with Crippen LogP contribution < -0.4 is 11.5 Å². The lowest BCUT2D eigenvalue weighted by Crippen LogP contribution is -2.23. The first-order chi connectivity index (χ1) is 10.5. The minimum atomic E-state index is -0.247. The Kier molecular flexibility index (Phi) is 3.66. The first-order valence-electron chi connectivity index (χ1n) is 7.03. The van der Waals surface area contributed by atoms with E-state index in [0.29, 0.717) is 6.42 Å². The lowest BCUT2D eigenvalue weighted by Gasteiger charge is -2.23. The highest BCUT2D eigenvalue weighted by Gasteiger charge is 2.29. The van der Waals surface area contributed by atoms with Gasteiger partial charge in [-0.05, 0) is 42.5 Å². The lowest BCUT2D eigenvalue weighted by atomic mass is 9.81. The first-order valence-corrected chi connectivity index (χ1v) is 7.03. The standard InChI is InChI=1S/C16H17FN4O/c1-9-8-22-14-7-11(10-2-4-12(17)5-3-10)6-13(15(9)14)20-21-16(18)19/h2-5,8,11H,6-7H2,1H3,(H4,18,19,21)/b20-13+. The summed E-state index contributed by atoms with van der Waals surface area (Å²) in [5.41, 5.74) is 14.5. The monoisotopic (exact) mass is 300 g/mol. The van der Waals surface area contributed by atoms with Gasteiger partial charge in [-0.3, -0.25) is 0 Å². The van der Waals surface area contributed by atoms with Crippen LogP contribution in [0.25, 0.3) is 0 Å². The van der Waals surface area contributed by atoms with E-state index in [-0.39, 0.29) is 17.7 Å². The highest BCUT2D eigenvalue weighted by atomic mass is 19.1. The Morgan fingerprint density at radius 2 is 1.95 bits per heavy atom. The quantitative estimate of drug-likeness (QED) is 0.507. The Bertz CT molecular complexity index is 742. The number of hydrogen-bond acceptors (Lipinski definition) is 3. The number of fused-ring (bicyclic) bond motifs is 1. The fourth-order valence-electron chi connectivity index (χ4n) is 2.85. The zero-order valence-corrected chi connectivity index (χ0v) is 12.2. The molecule has 2 aromatic rings. The number of furan rings is 1. The number of nitrogens with zero attached hydrogens (tertiary/aromatic N) is 2. The Balaban J connectivity index is 2.00. The maximum Gasteiger partial charge on any atom is 0.211 e. The van der Waals surface area contributed by atoms with E-state index in [1.807, 2.05) is 6.92 Å². The van der Waals surface area contributed by atoms with Crippen LogP contribution in [0.15, 0.2) is 45.1 Å². The van der Waals surface area contributed by atoms with Gasteiger partial charge in [-0.2, -0.15) is 5.10 Å². The van der Waals surface area contributed by atoms with Gasteiger partial charge in [-0.15, -0.1) is 5.10 Å². The van der Waals surface area contributed by atoms with Gasteiger partial charge in [0.05, 0.1) is 12.0 Å². The summed E-state index contributed by atoms with van der Waals surface area (Å²) in [6.45, 7) is 1.96. The average Bonchev–Trinajstić information content (AvgIpc) is 2.87. The molecule has 1 aliphatic carbocycles. The van der Waals surface area contributed by atoms with Crippen LogP contribution in [0, 0.1) is 12.7 Å². The first kappa shape index (κ1) is 14.3. The van der Waals surface area contributed by atoms with E-state index in [4.69, 9.17) is 15.9 Å². The maximum atomic E-state index is 13.1. The van der Waals surface area contributed by atoms with Gasteiger partial charge in [0.1, 0.15) is 11.6 Å². The van der Waals surface area contributed by atoms with Crippen molar-refractivity contribution in [3.05, 3.63) is 58.8 Å². The third-order valence-corrected chi connectivity index (χ3v) is 3.84. The summed E-state index contributed by atoms with van der Waals surface area (Å²) in [6.07, 6.45) is 3.13. The van der Waals surface area contributed by atoms with Crippen LogP contribution in [-0.4, -0.2) is 11.7 Å². The van der Waals surface area contributed by atoms with Gasteiger partial charge >= 0.3 is 0 Å². The van der Waals surface area contributed by atoms with Crippen LogP contribution >= 0.6 is 0 Å². The van der Waals surface area contributed by atoms with Gasteiger partial charge in [0.15, 0.2) is 0 Å². The topological polar surface area (TPSA) is 89.9 Å². The van der Waals surface area contributed by atoms with Crippen LogP contribution in [0.2, 0.25) is 0 Å². The minimum absolute atomic E-state index is 0.0842. The van der Waals surface area contributed by atoms with Gasteiger partial charge in [0, 0.05) is 12.0 Å². The molecule has 6 heteroatoms. The average molecular weight is 300 g/mol. The smallest absolute Gasteiger partial charge is 0.211 e. The molecule has 0 fully saturated rings. The third-order valence-electron chi connectivity index (χ3n) is 3.84. The Labute approximate surface area is 127 Å². The normalized spacial score (nSPS) is 19.0. The van der Waals surface area contributed by atoms with Gasteiger partial charge in [-0.1, -0.05) is 12.1 Å². The summed E-state index contributed by atoms with van der Waals surface area (Å²) in [7, 11) is 0. The zero-order chi connectivity index (χ0) is 15.7. The SMILES string of the molecule is Cc1coc2c1/C(=N/N=C(N)N)CC(c1ccc(F)cc1)C2. The molecule has 1 unspecified atom stereocenters. The fraction of sp³-hybridized carbons (Fsp3) is 0.250. The van der Waals surface area contributed by atoms with E-state index >= 15 is 0 Å². The van der Waals surface area contributed by atoms with Crippen LogP contribution in [0.5, 0.6) is 0 Å². The van der Waals surface area contributed by atoms with Crippen molar-refractivity contribution in [1.29, 1.82) is 0 Å². The van der Waals surface area contributed by atoms with Crippen molar-refractivity contribution in [3.63, 3.8) is 0 Å². The molecule has 114 valence electrons. The number of halogens is 1. The maximum absolute atomic E-state index is 13.1. The van der Waals surface area contributed by atoms with Crippen LogP contribution in [0.1, 0.15) is 34.8 Å². The lowest BCUT2D eigenvalue weighted by molar-refractivity contribution is 0.480. The second-order valence-electron chi connectivity index (χ2n) is 5.45. The molecule has 0 amide bonds. The molecule has 1 aliphatic rings. The summed E-state index contributed by atoms with van der Waals surface area (Å²) < 4.78 is 18.7. The van der Waals surface area contributed by atoms with E-state index in [9.17, 15) is 4.39 Å². The largest absolute Gasteiger partial charge is 0.468 e. The molecule has 1 aromatic carbocycles. The van der Waals surface area contributed by atoms with Crippen molar-refractivity contribution in [2.45, 2.75) is 25.7 Å². The number of guanidine groups is 1. The number of hydrogen-bond donors (Lipinski definition) is 2. The molecule has 1 aromatic heterocycles. The van der Waals surface area contributed by atoms with Crippen LogP contribution in [0.3, 0.4) is 0 Å². The molecule has 0 radical (unpaired) electrons. The fourth-order valence-corrected chi connectivity index (χ4v) is 2.85. The molecular formula is C16H17FN4O. The van der Waals surface area contributed by atoms with E-state index in [0.717, 1.165) is 34.6 Å². The number of aryl methyl sites for hydroxylation is 1. The van der Waals surface area contributed by atoms with Crippen molar-refractivity contribution in [1.82, 2.24) is 0 Å². The highest BCUT2D eigenvalue weighted by molar-refractivity contribution is 6.04. The van der Waals surface area contributed by atoms with Gasteiger partial charge < -0.3 is 15.9 Å². The third kappa shape index (κ3) is 2.72. The predicted molar refractivity (Wildman–Crippen MR) is 83.3 cm³/mol. The van der Waals surface area contributed by atoms with Crippen LogP contribution in [0.4, 0.5) is 4.39 Å².